The van der Waals surface area contributed by atoms with Crippen LogP contribution in [0.25, 0.3) is 0 Å². The Balaban J connectivity index is 1.79. The van der Waals surface area contributed by atoms with Gasteiger partial charge >= 0.3 is 0 Å². The lowest BCUT2D eigenvalue weighted by Gasteiger charge is -2.19. The van der Waals surface area contributed by atoms with E-state index in [9.17, 15) is 4.39 Å². The van der Waals surface area contributed by atoms with E-state index in [1.807, 2.05) is 5.38 Å². The molecule has 94 valence electrons. The van der Waals surface area contributed by atoms with Gasteiger partial charge in [-0.25, -0.2) is 9.37 Å². The van der Waals surface area contributed by atoms with Crippen LogP contribution in [0.1, 0.15) is 0 Å². The summed E-state index contributed by atoms with van der Waals surface area (Å²) in [5, 5.41) is 5.70. The van der Waals surface area contributed by atoms with E-state index < -0.39 is 0 Å². The topological polar surface area (TPSA) is 46.2 Å². The highest BCUT2D eigenvalue weighted by Crippen LogP contribution is 2.35. The maximum Gasteiger partial charge on any atom is 0.192 e. The number of ether oxygens (including phenoxy) is 1. The van der Waals surface area contributed by atoms with Crippen molar-refractivity contribution in [1.29, 1.82) is 0 Å². The van der Waals surface area contributed by atoms with E-state index in [0.29, 0.717) is 29.5 Å². The first-order chi connectivity index (χ1) is 8.83. The number of benzene rings is 1. The fourth-order valence-electron chi connectivity index (χ4n) is 1.59. The molecule has 0 spiro atoms. The third-order valence-electron chi connectivity index (χ3n) is 2.39. The van der Waals surface area contributed by atoms with Gasteiger partial charge in [-0.2, -0.15) is 0 Å². The summed E-state index contributed by atoms with van der Waals surface area (Å²) >= 11 is 2.66. The van der Waals surface area contributed by atoms with Gasteiger partial charge in [-0.3, -0.25) is 0 Å². The third kappa shape index (κ3) is 2.37. The number of hydrogen-bond acceptors (Lipinski definition) is 6. The van der Waals surface area contributed by atoms with Crippen LogP contribution >= 0.6 is 23.3 Å². The molecule has 0 atom stereocenters. The molecule has 18 heavy (non-hydrogen) atoms. The summed E-state index contributed by atoms with van der Waals surface area (Å²) in [6.07, 6.45) is 1.70. The summed E-state index contributed by atoms with van der Waals surface area (Å²) in [7, 11) is 0. The first-order valence-corrected chi connectivity index (χ1v) is 7.05. The fraction of sp³-hybridized carbons (Fsp3) is 0.182. The van der Waals surface area contributed by atoms with Gasteiger partial charge < -0.3 is 14.8 Å². The summed E-state index contributed by atoms with van der Waals surface area (Å²) in [6.45, 7) is 1.30. The van der Waals surface area contributed by atoms with E-state index >= 15 is 0 Å². The van der Waals surface area contributed by atoms with Crippen LogP contribution in [0, 0.1) is 5.82 Å². The number of nitrogens with zero attached hydrogens (tertiary/aromatic N) is 1. The molecule has 0 bridgehead atoms. The maximum absolute atomic E-state index is 13.8. The molecule has 2 heterocycles. The van der Waals surface area contributed by atoms with E-state index in [1.165, 1.54) is 29.4 Å². The fourth-order valence-corrected chi connectivity index (χ4v) is 2.85. The minimum absolute atomic E-state index is 0.277. The van der Waals surface area contributed by atoms with Gasteiger partial charge in [0.1, 0.15) is 18.2 Å². The van der Waals surface area contributed by atoms with Gasteiger partial charge in [0, 0.05) is 30.3 Å². The minimum Gasteiger partial charge on any atom is -0.490 e. The minimum atomic E-state index is -0.277. The second-order valence-corrected chi connectivity index (χ2v) is 5.34. The molecule has 7 heteroatoms. The van der Waals surface area contributed by atoms with Crippen molar-refractivity contribution in [2.45, 2.75) is 4.90 Å². The molecule has 1 aliphatic heterocycles. The number of anilines is 2. The normalized spacial score (nSPS) is 13.4. The average molecular weight is 283 g/mol. The predicted molar refractivity (Wildman–Crippen MR) is 72.0 cm³/mol. The van der Waals surface area contributed by atoms with Crippen molar-refractivity contribution in [3.8, 4) is 5.75 Å². The maximum atomic E-state index is 13.8. The summed E-state index contributed by atoms with van der Waals surface area (Å²) in [5.41, 5.74) is 0.706. The van der Waals surface area contributed by atoms with Crippen molar-refractivity contribution in [3.63, 3.8) is 0 Å². The van der Waals surface area contributed by atoms with Crippen molar-refractivity contribution in [2.24, 2.45) is 0 Å². The van der Waals surface area contributed by atoms with Crippen molar-refractivity contribution in [3.05, 3.63) is 29.5 Å². The van der Waals surface area contributed by atoms with Gasteiger partial charge in [0.05, 0.1) is 10.6 Å². The third-order valence-corrected chi connectivity index (χ3v) is 4.04. The molecular weight excluding hydrogens is 273 g/mol. The molecule has 0 fully saturated rings. The first-order valence-electron chi connectivity index (χ1n) is 5.35. The molecule has 0 saturated carbocycles. The van der Waals surface area contributed by atoms with Gasteiger partial charge in [0.25, 0.3) is 0 Å². The highest BCUT2D eigenvalue weighted by atomic mass is 32.2. The number of aromatic nitrogens is 1. The van der Waals surface area contributed by atoms with Crippen molar-refractivity contribution >= 4 is 34.1 Å². The molecule has 3 rings (SSSR count). The Bertz CT molecular complexity index is 547. The molecule has 0 amide bonds. The summed E-state index contributed by atoms with van der Waals surface area (Å²) in [6, 6.07) is 3.16. The zero-order valence-corrected chi connectivity index (χ0v) is 10.9. The van der Waals surface area contributed by atoms with Gasteiger partial charge in [0.2, 0.25) is 0 Å². The number of nitrogens with one attached hydrogen (secondary N) is 2. The predicted octanol–water partition coefficient (Wildman–Crippen LogP) is 3.21. The zero-order valence-electron chi connectivity index (χ0n) is 9.27. The van der Waals surface area contributed by atoms with Gasteiger partial charge in [-0.1, -0.05) is 0 Å². The molecule has 1 aromatic heterocycles. The Morgan fingerprint density at radius 3 is 3.28 bits per heavy atom. The Hall–Kier alpha value is -1.47. The number of fused-ring (bicyclic) bond motifs is 1. The average Bonchev–Trinajstić information content (AvgIpc) is 2.89. The molecule has 1 aromatic carbocycles. The monoisotopic (exact) mass is 283 g/mol. The summed E-state index contributed by atoms with van der Waals surface area (Å²) in [4.78, 5) is 4.56. The molecule has 4 nitrogen and oxygen atoms in total. The molecular formula is C11H10FN3OS2. The molecule has 0 unspecified atom stereocenters. The molecule has 2 N–H and O–H groups in total. The van der Waals surface area contributed by atoms with Crippen molar-refractivity contribution in [1.82, 2.24) is 4.98 Å². The van der Waals surface area contributed by atoms with Crippen LogP contribution in [0.4, 0.5) is 15.2 Å². The Kier molecular flexibility index (Phi) is 3.24. The smallest absolute Gasteiger partial charge is 0.192 e. The van der Waals surface area contributed by atoms with Crippen LogP contribution in [0.15, 0.2) is 28.6 Å². The highest BCUT2D eigenvalue weighted by Gasteiger charge is 2.14. The number of hydrogen-bond donors (Lipinski definition) is 2. The van der Waals surface area contributed by atoms with Gasteiger partial charge in [-0.15, -0.1) is 11.3 Å². The lowest BCUT2D eigenvalue weighted by molar-refractivity contribution is 0.321. The van der Waals surface area contributed by atoms with Crippen LogP contribution < -0.4 is 14.8 Å². The second-order valence-electron chi connectivity index (χ2n) is 3.60. The first kappa shape index (κ1) is 11.6. The molecule has 1 aliphatic rings. The van der Waals surface area contributed by atoms with Crippen LogP contribution in [0.3, 0.4) is 0 Å². The Morgan fingerprint density at radius 2 is 2.44 bits per heavy atom. The summed E-state index contributed by atoms with van der Waals surface area (Å²) < 4.78 is 22.3. The second kappa shape index (κ2) is 5.03. The van der Waals surface area contributed by atoms with E-state index in [0.717, 1.165) is 5.13 Å². The van der Waals surface area contributed by atoms with Crippen LogP contribution in [0.2, 0.25) is 0 Å². The molecule has 0 saturated heterocycles. The lowest BCUT2D eigenvalue weighted by atomic mass is 10.2. The van der Waals surface area contributed by atoms with Gasteiger partial charge in [-0.05, 0) is 11.9 Å². The van der Waals surface area contributed by atoms with Crippen molar-refractivity contribution < 1.29 is 9.13 Å². The zero-order chi connectivity index (χ0) is 12.4. The van der Waals surface area contributed by atoms with Crippen LogP contribution in [0.5, 0.6) is 5.75 Å². The van der Waals surface area contributed by atoms with E-state index in [1.54, 1.807) is 12.3 Å². The molecule has 0 aliphatic carbocycles. The lowest BCUT2D eigenvalue weighted by Crippen LogP contribution is -2.18. The van der Waals surface area contributed by atoms with Crippen LogP contribution in [-0.4, -0.2) is 18.1 Å². The quantitative estimate of drug-likeness (QED) is 0.847. The van der Waals surface area contributed by atoms with E-state index in [-0.39, 0.29) is 5.82 Å². The summed E-state index contributed by atoms with van der Waals surface area (Å²) in [5.74, 6) is 0.409. The van der Waals surface area contributed by atoms with Gasteiger partial charge in [0.15, 0.2) is 5.13 Å². The molecule has 0 radical (unpaired) electrons. The number of rotatable bonds is 3. The SMILES string of the molecule is Fc1cc2c(cc1SNc1nccs1)OCCN2. The number of halogens is 1. The van der Waals surface area contributed by atoms with E-state index in [2.05, 4.69) is 15.0 Å². The largest absolute Gasteiger partial charge is 0.490 e. The van der Waals surface area contributed by atoms with E-state index in [4.69, 9.17) is 4.74 Å². The van der Waals surface area contributed by atoms with Crippen LogP contribution in [-0.2, 0) is 0 Å². The molecule has 2 aromatic rings. The number of thiazole rings is 1. The Labute approximate surface area is 112 Å². The Morgan fingerprint density at radius 1 is 1.50 bits per heavy atom. The van der Waals surface area contributed by atoms with Crippen molar-refractivity contribution in [2.75, 3.05) is 23.2 Å². The highest BCUT2D eigenvalue weighted by molar-refractivity contribution is 8.00. The standard InChI is InChI=1S/C11H10FN3OS2/c12-7-5-8-9(16-3-1-13-8)6-10(7)18-15-11-14-2-4-17-11/h2,4-6,13H,1,3H2,(H,14,15).